The van der Waals surface area contributed by atoms with Crippen molar-refractivity contribution in [3.63, 3.8) is 0 Å². The van der Waals surface area contributed by atoms with E-state index in [-0.39, 0.29) is 17.5 Å². The monoisotopic (exact) mass is 434 g/mol. The van der Waals surface area contributed by atoms with E-state index in [1.807, 2.05) is 60.3 Å². The fraction of sp³-hybridized carbons (Fsp3) is 0.182. The summed E-state index contributed by atoms with van der Waals surface area (Å²) < 4.78 is 3.40. The Morgan fingerprint density at radius 2 is 1.84 bits per heavy atom. The number of amides is 2. The predicted octanol–water partition coefficient (Wildman–Crippen LogP) is 3.85. The lowest BCUT2D eigenvalue weighted by molar-refractivity contribution is 0.101. The van der Waals surface area contributed by atoms with Crippen LogP contribution in [-0.4, -0.2) is 31.4 Å². The maximum atomic E-state index is 12.7. The fourth-order valence-corrected chi connectivity index (χ4v) is 3.85. The summed E-state index contributed by atoms with van der Waals surface area (Å²) in [5.41, 5.74) is 3.96. The first-order valence-electron chi connectivity index (χ1n) is 9.69. The maximum Gasteiger partial charge on any atom is 0.276 e. The first-order valence-corrected chi connectivity index (χ1v) is 10.6. The quantitative estimate of drug-likeness (QED) is 0.482. The highest BCUT2D eigenvalue weighted by Crippen LogP contribution is 2.17. The summed E-state index contributed by atoms with van der Waals surface area (Å²) in [4.78, 5) is 25.6. The molecule has 4 rings (SSSR count). The van der Waals surface area contributed by atoms with Crippen LogP contribution in [0.15, 0.2) is 53.9 Å². The van der Waals surface area contributed by atoms with Gasteiger partial charge in [-0.1, -0.05) is 18.2 Å². The van der Waals surface area contributed by atoms with Crippen molar-refractivity contribution in [3.8, 4) is 0 Å². The summed E-state index contributed by atoms with van der Waals surface area (Å²) >= 11 is 1.35. The Hall–Kier alpha value is -3.72. The molecule has 0 fully saturated rings. The van der Waals surface area contributed by atoms with E-state index in [2.05, 4.69) is 20.8 Å². The summed E-state index contributed by atoms with van der Waals surface area (Å²) in [6.45, 7) is 4.59. The summed E-state index contributed by atoms with van der Waals surface area (Å²) in [6.07, 6.45) is 0. The molecular formula is C22H22N6O2S. The van der Waals surface area contributed by atoms with Gasteiger partial charge in [-0.15, -0.1) is 11.3 Å². The van der Waals surface area contributed by atoms with Crippen LogP contribution in [0, 0.1) is 13.8 Å². The second kappa shape index (κ2) is 8.57. The average molecular weight is 435 g/mol. The largest absolute Gasteiger partial charge is 0.321 e. The molecule has 0 radical (unpaired) electrons. The van der Waals surface area contributed by atoms with E-state index in [1.165, 1.54) is 16.0 Å². The van der Waals surface area contributed by atoms with Crippen molar-refractivity contribution < 1.29 is 9.59 Å². The predicted molar refractivity (Wildman–Crippen MR) is 121 cm³/mol. The molecule has 8 nitrogen and oxygen atoms in total. The van der Waals surface area contributed by atoms with Gasteiger partial charge in [0.05, 0.1) is 17.1 Å². The van der Waals surface area contributed by atoms with Crippen molar-refractivity contribution >= 4 is 34.7 Å². The minimum absolute atomic E-state index is 0.216. The number of hydrogen-bond donors (Lipinski definition) is 2. The van der Waals surface area contributed by atoms with Crippen LogP contribution in [0.1, 0.15) is 37.1 Å². The number of aromatic nitrogens is 4. The summed E-state index contributed by atoms with van der Waals surface area (Å²) in [7, 11) is 1.68. The Morgan fingerprint density at radius 3 is 2.55 bits per heavy atom. The lowest BCUT2D eigenvalue weighted by Crippen LogP contribution is -2.13. The third-order valence-corrected chi connectivity index (χ3v) is 5.59. The molecule has 0 unspecified atom stereocenters. The number of anilines is 2. The van der Waals surface area contributed by atoms with Crippen molar-refractivity contribution in [2.45, 2.75) is 20.4 Å². The normalized spacial score (nSPS) is 10.8. The molecular weight excluding hydrogens is 412 g/mol. The lowest BCUT2D eigenvalue weighted by Gasteiger charge is -2.08. The number of benzene rings is 1. The molecule has 0 saturated heterocycles. The number of rotatable bonds is 6. The number of nitrogens with one attached hydrogen (secondary N) is 2. The standard InChI is InChI=1S/C22H22N6O2S/c1-14-10-15(2)28(25-14)13-16-6-4-7-17(11-16)23-21(29)18-12-20(27(3)26-18)24-22(30)19-8-5-9-31-19/h4-12H,13H2,1-3H3,(H,23,29)(H,24,30). The van der Waals surface area contributed by atoms with Gasteiger partial charge in [-0.25, -0.2) is 0 Å². The minimum atomic E-state index is -0.351. The smallest absolute Gasteiger partial charge is 0.276 e. The number of hydrogen-bond acceptors (Lipinski definition) is 5. The molecule has 9 heteroatoms. The average Bonchev–Trinajstić information content (AvgIpc) is 3.44. The van der Waals surface area contributed by atoms with Crippen LogP contribution in [0.4, 0.5) is 11.5 Å². The van der Waals surface area contributed by atoms with E-state index in [4.69, 9.17) is 0 Å². The first kappa shape index (κ1) is 20.5. The van der Waals surface area contributed by atoms with Crippen LogP contribution >= 0.6 is 11.3 Å². The number of carbonyl (C=O) groups is 2. The zero-order valence-corrected chi connectivity index (χ0v) is 18.2. The van der Waals surface area contributed by atoms with E-state index in [9.17, 15) is 9.59 Å². The fourth-order valence-electron chi connectivity index (χ4n) is 3.23. The van der Waals surface area contributed by atoms with Gasteiger partial charge >= 0.3 is 0 Å². The van der Waals surface area contributed by atoms with Gasteiger partial charge in [-0.2, -0.15) is 10.2 Å². The SMILES string of the molecule is Cc1cc(C)n(Cc2cccc(NC(=O)c3cc(NC(=O)c4cccs4)n(C)n3)c2)n1. The van der Waals surface area contributed by atoms with Crippen molar-refractivity contribution in [1.29, 1.82) is 0 Å². The molecule has 158 valence electrons. The van der Waals surface area contributed by atoms with Crippen LogP contribution in [0.2, 0.25) is 0 Å². The second-order valence-electron chi connectivity index (χ2n) is 7.21. The molecule has 1 aromatic carbocycles. The number of thiophene rings is 1. The van der Waals surface area contributed by atoms with E-state index >= 15 is 0 Å². The Labute approximate surface area is 183 Å². The molecule has 0 aliphatic heterocycles. The van der Waals surface area contributed by atoms with Crippen LogP contribution in [0.5, 0.6) is 0 Å². The van der Waals surface area contributed by atoms with E-state index in [0.29, 0.717) is 22.9 Å². The number of carbonyl (C=O) groups excluding carboxylic acids is 2. The Morgan fingerprint density at radius 1 is 1.00 bits per heavy atom. The van der Waals surface area contributed by atoms with E-state index in [0.717, 1.165) is 17.0 Å². The minimum Gasteiger partial charge on any atom is -0.321 e. The van der Waals surface area contributed by atoms with E-state index in [1.54, 1.807) is 19.2 Å². The lowest BCUT2D eigenvalue weighted by atomic mass is 10.2. The van der Waals surface area contributed by atoms with Crippen LogP contribution < -0.4 is 10.6 Å². The van der Waals surface area contributed by atoms with Gasteiger partial charge < -0.3 is 10.6 Å². The molecule has 31 heavy (non-hydrogen) atoms. The van der Waals surface area contributed by atoms with Crippen LogP contribution in [-0.2, 0) is 13.6 Å². The third-order valence-electron chi connectivity index (χ3n) is 4.72. The molecule has 2 amide bonds. The highest BCUT2D eigenvalue weighted by molar-refractivity contribution is 7.12. The summed E-state index contributed by atoms with van der Waals surface area (Å²) in [5.74, 6) is -0.140. The molecule has 4 aromatic rings. The molecule has 0 atom stereocenters. The second-order valence-corrected chi connectivity index (χ2v) is 8.16. The van der Waals surface area contributed by atoms with Gasteiger partial charge in [-0.05, 0) is 49.1 Å². The van der Waals surface area contributed by atoms with Crippen LogP contribution in [0.25, 0.3) is 0 Å². The van der Waals surface area contributed by atoms with E-state index < -0.39 is 0 Å². The van der Waals surface area contributed by atoms with Crippen molar-refractivity contribution in [3.05, 3.63) is 81.4 Å². The highest BCUT2D eigenvalue weighted by atomic mass is 32.1. The first-order chi connectivity index (χ1) is 14.9. The molecule has 2 N–H and O–H groups in total. The number of aryl methyl sites for hydroxylation is 3. The van der Waals surface area contributed by atoms with Crippen molar-refractivity contribution in [2.24, 2.45) is 7.05 Å². The van der Waals surface area contributed by atoms with Gasteiger partial charge in [0.15, 0.2) is 5.69 Å². The molecule has 3 heterocycles. The molecule has 0 aliphatic carbocycles. The third kappa shape index (κ3) is 4.72. The highest BCUT2D eigenvalue weighted by Gasteiger charge is 2.16. The van der Waals surface area contributed by atoms with Crippen LogP contribution in [0.3, 0.4) is 0 Å². The molecule has 0 saturated carbocycles. The summed E-state index contributed by atoms with van der Waals surface area (Å²) in [5, 5.41) is 16.2. The molecule has 0 aliphatic rings. The van der Waals surface area contributed by atoms with Gasteiger partial charge in [0.2, 0.25) is 0 Å². The number of nitrogens with zero attached hydrogens (tertiary/aromatic N) is 4. The molecule has 0 bridgehead atoms. The zero-order valence-electron chi connectivity index (χ0n) is 17.4. The maximum absolute atomic E-state index is 12.7. The van der Waals surface area contributed by atoms with Gasteiger partial charge in [-0.3, -0.25) is 19.0 Å². The Bertz CT molecular complexity index is 1240. The molecule has 0 spiro atoms. The summed E-state index contributed by atoms with van der Waals surface area (Å²) in [6, 6.07) is 14.8. The van der Waals surface area contributed by atoms with Crippen molar-refractivity contribution in [2.75, 3.05) is 10.6 Å². The zero-order chi connectivity index (χ0) is 22.0. The van der Waals surface area contributed by atoms with Gasteiger partial charge in [0.1, 0.15) is 5.82 Å². The molecule has 3 aromatic heterocycles. The van der Waals surface area contributed by atoms with Crippen molar-refractivity contribution in [1.82, 2.24) is 19.6 Å². The Kier molecular flexibility index (Phi) is 5.68. The van der Waals surface area contributed by atoms with Gasteiger partial charge in [0, 0.05) is 24.5 Å². The Balaban J connectivity index is 1.45. The topological polar surface area (TPSA) is 93.8 Å². The van der Waals surface area contributed by atoms with Gasteiger partial charge in [0.25, 0.3) is 11.8 Å².